The van der Waals surface area contributed by atoms with Crippen molar-refractivity contribution in [1.82, 2.24) is 0 Å². The minimum atomic E-state index is -0.408. The third-order valence-corrected chi connectivity index (χ3v) is 5.96. The first-order chi connectivity index (χ1) is 9.32. The summed E-state index contributed by atoms with van der Waals surface area (Å²) in [7, 11) is 0. The van der Waals surface area contributed by atoms with Crippen LogP contribution in [0, 0.1) is 23.8 Å². The highest BCUT2D eigenvalue weighted by atomic mass is 16.6. The number of carbonyl (C=O) groups is 1. The smallest absolute Gasteiger partial charge is 0.312 e. The van der Waals surface area contributed by atoms with E-state index in [9.17, 15) is 4.79 Å². The summed E-state index contributed by atoms with van der Waals surface area (Å²) in [5.74, 6) is 1.13. The first-order valence-electron chi connectivity index (χ1n) is 7.94. The third-order valence-electron chi connectivity index (χ3n) is 5.96. The molecule has 4 fully saturated rings. The summed E-state index contributed by atoms with van der Waals surface area (Å²) in [6, 6.07) is 0. The fraction of sp³-hybridized carbons (Fsp3) is 0.882. The van der Waals surface area contributed by atoms with E-state index in [-0.39, 0.29) is 17.1 Å². The molecule has 3 heteroatoms. The predicted octanol–water partition coefficient (Wildman–Crippen LogP) is 3.98. The van der Waals surface area contributed by atoms with Gasteiger partial charge >= 0.3 is 5.97 Å². The van der Waals surface area contributed by atoms with Gasteiger partial charge in [-0.25, -0.2) is 6.57 Å². The summed E-state index contributed by atoms with van der Waals surface area (Å²) < 4.78 is 6.05. The second-order valence-corrected chi connectivity index (χ2v) is 8.11. The Hall–Kier alpha value is -1.04. The summed E-state index contributed by atoms with van der Waals surface area (Å²) >= 11 is 0. The van der Waals surface area contributed by atoms with Gasteiger partial charge in [0, 0.05) is 12.8 Å². The molecule has 2 atom stereocenters. The molecule has 0 radical (unpaired) electrons. The number of hydrogen-bond donors (Lipinski definition) is 0. The topological polar surface area (TPSA) is 30.7 Å². The largest absolute Gasteiger partial charge is 0.458 e. The molecule has 0 aromatic carbocycles. The molecule has 3 nitrogen and oxygen atoms in total. The molecule has 20 heavy (non-hydrogen) atoms. The van der Waals surface area contributed by atoms with E-state index >= 15 is 0 Å². The van der Waals surface area contributed by atoms with Crippen molar-refractivity contribution in [3.8, 4) is 0 Å². The number of nitrogens with zero attached hydrogens (tertiary/aromatic N) is 1. The van der Waals surface area contributed by atoms with Crippen LogP contribution in [0.1, 0.15) is 65.7 Å². The first-order valence-corrected chi connectivity index (χ1v) is 7.94. The molecular formula is C17H25NO2. The van der Waals surface area contributed by atoms with Crippen molar-refractivity contribution >= 4 is 5.97 Å². The van der Waals surface area contributed by atoms with Crippen LogP contribution in [-0.2, 0) is 9.53 Å². The number of rotatable bonds is 3. The Balaban J connectivity index is 1.83. The van der Waals surface area contributed by atoms with Gasteiger partial charge in [-0.2, -0.15) is 0 Å². The van der Waals surface area contributed by atoms with E-state index in [0.717, 1.165) is 38.5 Å². The SMILES string of the molecule is [C-]#[N+]C12CC3CC(C1)CC(OC(=O)C(C)(C)CC)(C3)C2. The van der Waals surface area contributed by atoms with Gasteiger partial charge in [-0.15, -0.1) is 0 Å². The van der Waals surface area contributed by atoms with Gasteiger partial charge in [0.25, 0.3) is 0 Å². The van der Waals surface area contributed by atoms with Gasteiger partial charge in [0.2, 0.25) is 5.54 Å². The first kappa shape index (κ1) is 13.9. The molecule has 0 aromatic rings. The summed E-state index contributed by atoms with van der Waals surface area (Å²) in [5, 5.41) is 0. The lowest BCUT2D eigenvalue weighted by Crippen LogP contribution is -2.59. The molecule has 0 heterocycles. The molecule has 2 unspecified atom stereocenters. The lowest BCUT2D eigenvalue weighted by Gasteiger charge is -2.56. The molecule has 4 bridgehead atoms. The van der Waals surface area contributed by atoms with Gasteiger partial charge in [-0.05, 0) is 51.4 Å². The molecule has 4 aliphatic rings. The van der Waals surface area contributed by atoms with Gasteiger partial charge in [-0.1, -0.05) is 6.92 Å². The highest BCUT2D eigenvalue weighted by molar-refractivity contribution is 5.76. The second-order valence-electron chi connectivity index (χ2n) is 8.11. The summed E-state index contributed by atoms with van der Waals surface area (Å²) in [6.07, 6.45) is 6.87. The monoisotopic (exact) mass is 275 g/mol. The quantitative estimate of drug-likeness (QED) is 0.576. The molecule has 0 amide bonds. The Morgan fingerprint density at radius 1 is 1.30 bits per heavy atom. The highest BCUT2D eigenvalue weighted by Gasteiger charge is 2.64. The van der Waals surface area contributed by atoms with Crippen LogP contribution in [0.25, 0.3) is 4.85 Å². The zero-order valence-electron chi connectivity index (χ0n) is 12.9. The lowest BCUT2D eigenvalue weighted by molar-refractivity contribution is -0.195. The molecule has 0 aliphatic heterocycles. The number of ether oxygens (including phenoxy) is 1. The van der Waals surface area contributed by atoms with E-state index in [1.165, 1.54) is 6.42 Å². The van der Waals surface area contributed by atoms with Gasteiger partial charge < -0.3 is 9.58 Å². The van der Waals surface area contributed by atoms with E-state index in [1.54, 1.807) is 0 Å². The van der Waals surface area contributed by atoms with E-state index in [0.29, 0.717) is 11.8 Å². The zero-order chi connectivity index (χ0) is 14.6. The standard InChI is InChI=1S/C17H25NO2/c1-5-15(2,3)14(19)20-17-9-12-6-13(10-17)8-16(7-12,11-17)18-4/h12-13H,5-11H2,1-3H3. The predicted molar refractivity (Wildman–Crippen MR) is 76.9 cm³/mol. The highest BCUT2D eigenvalue weighted by Crippen LogP contribution is 2.60. The number of hydrogen-bond acceptors (Lipinski definition) is 2. The molecule has 4 aliphatic carbocycles. The van der Waals surface area contributed by atoms with Gasteiger partial charge in [0.1, 0.15) is 5.60 Å². The fourth-order valence-corrected chi connectivity index (χ4v) is 4.86. The minimum absolute atomic E-state index is 0.0675. The fourth-order valence-electron chi connectivity index (χ4n) is 4.86. The Morgan fingerprint density at radius 2 is 1.90 bits per heavy atom. The second kappa shape index (κ2) is 4.23. The van der Waals surface area contributed by atoms with Crippen LogP contribution in [-0.4, -0.2) is 17.1 Å². The molecule has 0 spiro atoms. The molecule has 0 aromatic heterocycles. The van der Waals surface area contributed by atoms with E-state index in [4.69, 9.17) is 11.3 Å². The van der Waals surface area contributed by atoms with Crippen molar-refractivity contribution in [3.05, 3.63) is 11.4 Å². The Kier molecular flexibility index (Phi) is 2.94. The lowest BCUT2D eigenvalue weighted by atomic mass is 9.51. The summed E-state index contributed by atoms with van der Waals surface area (Å²) in [4.78, 5) is 16.4. The van der Waals surface area contributed by atoms with Crippen molar-refractivity contribution in [3.63, 3.8) is 0 Å². The minimum Gasteiger partial charge on any atom is -0.458 e. The average Bonchev–Trinajstić information content (AvgIpc) is 2.36. The van der Waals surface area contributed by atoms with Crippen molar-refractivity contribution in [1.29, 1.82) is 0 Å². The normalized spacial score (nSPS) is 42.3. The van der Waals surface area contributed by atoms with Crippen molar-refractivity contribution in [2.45, 2.75) is 76.9 Å². The van der Waals surface area contributed by atoms with Gasteiger partial charge in [-0.3, -0.25) is 4.79 Å². The summed E-state index contributed by atoms with van der Waals surface area (Å²) in [5.41, 5.74) is -0.951. The Morgan fingerprint density at radius 3 is 2.40 bits per heavy atom. The van der Waals surface area contributed by atoms with Crippen LogP contribution < -0.4 is 0 Å². The van der Waals surface area contributed by atoms with Crippen LogP contribution in [0.2, 0.25) is 0 Å². The number of carbonyl (C=O) groups excluding carboxylic acids is 1. The maximum Gasteiger partial charge on any atom is 0.312 e. The third kappa shape index (κ3) is 2.05. The van der Waals surface area contributed by atoms with Crippen LogP contribution in [0.3, 0.4) is 0 Å². The van der Waals surface area contributed by atoms with Crippen LogP contribution in [0.15, 0.2) is 0 Å². The summed E-state index contributed by atoms with van der Waals surface area (Å²) in [6.45, 7) is 13.5. The van der Waals surface area contributed by atoms with Crippen LogP contribution >= 0.6 is 0 Å². The molecule has 4 rings (SSSR count). The van der Waals surface area contributed by atoms with Gasteiger partial charge in [0.05, 0.1) is 11.8 Å². The van der Waals surface area contributed by atoms with E-state index in [1.807, 2.05) is 20.8 Å². The zero-order valence-corrected chi connectivity index (χ0v) is 12.9. The van der Waals surface area contributed by atoms with Crippen molar-refractivity contribution in [2.24, 2.45) is 17.3 Å². The average molecular weight is 275 g/mol. The molecule has 4 saturated carbocycles. The molecule has 0 saturated heterocycles. The van der Waals surface area contributed by atoms with Gasteiger partial charge in [0.15, 0.2) is 0 Å². The maximum atomic E-state index is 12.5. The molecule has 110 valence electrons. The number of esters is 1. The maximum absolute atomic E-state index is 12.5. The molecular weight excluding hydrogens is 250 g/mol. The van der Waals surface area contributed by atoms with E-state index < -0.39 is 5.41 Å². The van der Waals surface area contributed by atoms with E-state index in [2.05, 4.69) is 4.85 Å². The Bertz CT molecular complexity index is 460. The molecule has 0 N–H and O–H groups in total. The Labute approximate surface area is 121 Å². The van der Waals surface area contributed by atoms with Crippen molar-refractivity contribution < 1.29 is 9.53 Å². The van der Waals surface area contributed by atoms with Crippen LogP contribution in [0.5, 0.6) is 0 Å². The van der Waals surface area contributed by atoms with Crippen molar-refractivity contribution in [2.75, 3.05) is 0 Å². The van der Waals surface area contributed by atoms with Crippen LogP contribution in [0.4, 0.5) is 0 Å².